The molecule has 1 amide bonds. The predicted octanol–water partition coefficient (Wildman–Crippen LogP) is 1.46. The number of ether oxygens (including phenoxy) is 1. The van der Waals surface area contributed by atoms with Crippen LogP contribution in [-0.2, 0) is 4.74 Å². The molecule has 1 aliphatic rings. The number of nitrogens with zero attached hydrogens (tertiary/aromatic N) is 1. The molecule has 0 aromatic rings. The van der Waals surface area contributed by atoms with E-state index in [-0.39, 0.29) is 6.09 Å². The maximum absolute atomic E-state index is 11.3. The summed E-state index contributed by atoms with van der Waals surface area (Å²) in [6.45, 7) is 8.53. The Kier molecular flexibility index (Phi) is 3.97. The van der Waals surface area contributed by atoms with Crippen LogP contribution in [0.4, 0.5) is 4.79 Å². The molecule has 4 heteroatoms. The number of nitrogens with one attached hydrogen (secondary N) is 1. The molecule has 0 bridgehead atoms. The Morgan fingerprint density at radius 1 is 1.53 bits per heavy atom. The summed E-state index contributed by atoms with van der Waals surface area (Å²) in [7, 11) is 2.10. The number of carbonyl (C=O) groups is 1. The molecular formula is C11H22N2O2. The van der Waals surface area contributed by atoms with E-state index in [1.165, 1.54) is 0 Å². The van der Waals surface area contributed by atoms with Crippen LogP contribution in [0, 0.1) is 5.92 Å². The SMILES string of the molecule is CN1CC[C@@H](CNC(=O)OC(C)(C)C)C1. The summed E-state index contributed by atoms with van der Waals surface area (Å²) in [6, 6.07) is 0. The lowest BCUT2D eigenvalue weighted by molar-refractivity contribution is 0.0520. The van der Waals surface area contributed by atoms with E-state index < -0.39 is 5.60 Å². The third-order valence-corrected chi connectivity index (χ3v) is 2.42. The van der Waals surface area contributed by atoms with Crippen molar-refractivity contribution >= 4 is 6.09 Å². The number of likely N-dealkylation sites (tertiary alicyclic amines) is 1. The molecule has 0 unspecified atom stereocenters. The fourth-order valence-electron chi connectivity index (χ4n) is 1.73. The highest BCUT2D eigenvalue weighted by atomic mass is 16.6. The molecule has 0 radical (unpaired) electrons. The lowest BCUT2D eigenvalue weighted by Gasteiger charge is -2.20. The standard InChI is InChI=1S/C11H22N2O2/c1-11(2,3)15-10(14)12-7-9-5-6-13(4)8-9/h9H,5-8H2,1-4H3,(H,12,14)/t9-/m0/s1. The lowest BCUT2D eigenvalue weighted by Crippen LogP contribution is -2.35. The molecule has 0 saturated carbocycles. The van der Waals surface area contributed by atoms with E-state index in [2.05, 4.69) is 17.3 Å². The molecule has 0 aromatic carbocycles. The molecule has 1 N–H and O–H groups in total. The maximum Gasteiger partial charge on any atom is 0.407 e. The Labute approximate surface area is 92.0 Å². The van der Waals surface area contributed by atoms with Gasteiger partial charge in [-0.2, -0.15) is 0 Å². The van der Waals surface area contributed by atoms with E-state index in [0.29, 0.717) is 5.92 Å². The van der Waals surface area contributed by atoms with Crippen molar-refractivity contribution < 1.29 is 9.53 Å². The quantitative estimate of drug-likeness (QED) is 0.756. The summed E-state index contributed by atoms with van der Waals surface area (Å²) >= 11 is 0. The number of alkyl carbamates (subject to hydrolysis) is 1. The van der Waals surface area contributed by atoms with Gasteiger partial charge in [0.25, 0.3) is 0 Å². The summed E-state index contributed by atoms with van der Waals surface area (Å²) < 4.78 is 5.16. The predicted molar refractivity (Wildman–Crippen MR) is 59.8 cm³/mol. The van der Waals surface area contributed by atoms with Gasteiger partial charge in [-0.25, -0.2) is 4.79 Å². The molecule has 1 atom stereocenters. The van der Waals surface area contributed by atoms with Crippen molar-refractivity contribution in [2.75, 3.05) is 26.7 Å². The van der Waals surface area contributed by atoms with Gasteiger partial charge in [0.1, 0.15) is 5.60 Å². The molecule has 0 aromatic heterocycles. The summed E-state index contributed by atoms with van der Waals surface area (Å²) in [5, 5.41) is 2.81. The smallest absolute Gasteiger partial charge is 0.407 e. The molecule has 0 aliphatic carbocycles. The highest BCUT2D eigenvalue weighted by molar-refractivity contribution is 5.67. The number of amides is 1. The minimum Gasteiger partial charge on any atom is -0.444 e. The van der Waals surface area contributed by atoms with Gasteiger partial charge in [0.2, 0.25) is 0 Å². The van der Waals surface area contributed by atoms with E-state index in [1.807, 2.05) is 20.8 Å². The molecular weight excluding hydrogens is 192 g/mol. The number of hydrogen-bond acceptors (Lipinski definition) is 3. The topological polar surface area (TPSA) is 41.6 Å². The summed E-state index contributed by atoms with van der Waals surface area (Å²) in [6.07, 6.45) is 0.851. The fourth-order valence-corrected chi connectivity index (χ4v) is 1.73. The number of rotatable bonds is 2. The first-order valence-electron chi connectivity index (χ1n) is 5.52. The van der Waals surface area contributed by atoms with E-state index >= 15 is 0 Å². The molecule has 4 nitrogen and oxygen atoms in total. The molecule has 1 fully saturated rings. The van der Waals surface area contributed by atoms with Crippen molar-refractivity contribution in [1.29, 1.82) is 0 Å². The molecule has 88 valence electrons. The van der Waals surface area contributed by atoms with Crippen molar-refractivity contribution in [3.8, 4) is 0 Å². The second-order valence-electron chi connectivity index (χ2n) is 5.30. The zero-order valence-corrected chi connectivity index (χ0v) is 10.2. The Balaban J connectivity index is 2.17. The van der Waals surface area contributed by atoms with Gasteiger partial charge in [0.05, 0.1) is 0 Å². The second kappa shape index (κ2) is 4.84. The molecule has 1 aliphatic heterocycles. The van der Waals surface area contributed by atoms with E-state index in [9.17, 15) is 4.79 Å². The van der Waals surface area contributed by atoms with Gasteiger partial charge in [0.15, 0.2) is 0 Å². The molecule has 0 spiro atoms. The minimum absolute atomic E-state index is 0.308. The zero-order chi connectivity index (χ0) is 11.5. The van der Waals surface area contributed by atoms with Crippen molar-refractivity contribution in [2.45, 2.75) is 32.8 Å². The van der Waals surface area contributed by atoms with Crippen molar-refractivity contribution in [3.05, 3.63) is 0 Å². The molecule has 1 heterocycles. The molecule has 1 rings (SSSR count). The lowest BCUT2D eigenvalue weighted by atomic mass is 10.1. The van der Waals surface area contributed by atoms with Gasteiger partial charge < -0.3 is 15.0 Å². The Morgan fingerprint density at radius 2 is 2.20 bits per heavy atom. The van der Waals surface area contributed by atoms with Crippen molar-refractivity contribution in [3.63, 3.8) is 0 Å². The van der Waals surface area contributed by atoms with E-state index in [0.717, 1.165) is 26.1 Å². The molecule has 1 saturated heterocycles. The van der Waals surface area contributed by atoms with Crippen LogP contribution in [0.1, 0.15) is 27.2 Å². The fraction of sp³-hybridized carbons (Fsp3) is 0.909. The largest absolute Gasteiger partial charge is 0.444 e. The van der Waals surface area contributed by atoms with Crippen molar-refractivity contribution in [2.24, 2.45) is 5.92 Å². The summed E-state index contributed by atoms with van der Waals surface area (Å²) in [5.74, 6) is 0.572. The normalized spacial score (nSPS) is 22.8. The zero-order valence-electron chi connectivity index (χ0n) is 10.2. The monoisotopic (exact) mass is 214 g/mol. The minimum atomic E-state index is -0.406. The van der Waals surface area contributed by atoms with E-state index in [1.54, 1.807) is 0 Å². The van der Waals surface area contributed by atoms with Crippen LogP contribution < -0.4 is 5.32 Å². The first-order chi connectivity index (χ1) is 6.87. The van der Waals surface area contributed by atoms with Gasteiger partial charge in [-0.15, -0.1) is 0 Å². The van der Waals surface area contributed by atoms with Crippen LogP contribution in [0.2, 0.25) is 0 Å². The van der Waals surface area contributed by atoms with Crippen LogP contribution in [0.3, 0.4) is 0 Å². The van der Waals surface area contributed by atoms with Gasteiger partial charge >= 0.3 is 6.09 Å². The average Bonchev–Trinajstić information content (AvgIpc) is 2.45. The third-order valence-electron chi connectivity index (χ3n) is 2.42. The second-order valence-corrected chi connectivity index (χ2v) is 5.30. The first-order valence-corrected chi connectivity index (χ1v) is 5.52. The molecule has 15 heavy (non-hydrogen) atoms. The number of hydrogen-bond donors (Lipinski definition) is 1. The Morgan fingerprint density at radius 3 is 2.67 bits per heavy atom. The average molecular weight is 214 g/mol. The van der Waals surface area contributed by atoms with Gasteiger partial charge in [-0.3, -0.25) is 0 Å². The van der Waals surface area contributed by atoms with Crippen LogP contribution in [0.15, 0.2) is 0 Å². The van der Waals surface area contributed by atoms with E-state index in [4.69, 9.17) is 4.74 Å². The van der Waals surface area contributed by atoms with Crippen LogP contribution >= 0.6 is 0 Å². The van der Waals surface area contributed by atoms with Gasteiger partial charge in [-0.05, 0) is 46.7 Å². The maximum atomic E-state index is 11.3. The van der Waals surface area contributed by atoms with Crippen LogP contribution in [0.25, 0.3) is 0 Å². The van der Waals surface area contributed by atoms with Gasteiger partial charge in [-0.1, -0.05) is 0 Å². The highest BCUT2D eigenvalue weighted by Gasteiger charge is 2.21. The summed E-state index contributed by atoms with van der Waals surface area (Å²) in [5.41, 5.74) is -0.406. The highest BCUT2D eigenvalue weighted by Crippen LogP contribution is 2.13. The van der Waals surface area contributed by atoms with Crippen LogP contribution in [0.5, 0.6) is 0 Å². The van der Waals surface area contributed by atoms with Crippen molar-refractivity contribution in [1.82, 2.24) is 10.2 Å². The Hall–Kier alpha value is -0.770. The number of carbonyl (C=O) groups excluding carboxylic acids is 1. The van der Waals surface area contributed by atoms with Crippen LogP contribution in [-0.4, -0.2) is 43.3 Å². The third kappa shape index (κ3) is 5.02. The Bertz CT molecular complexity index is 223. The first kappa shape index (κ1) is 12.3. The van der Waals surface area contributed by atoms with Gasteiger partial charge in [0, 0.05) is 13.1 Å². The summed E-state index contributed by atoms with van der Waals surface area (Å²) in [4.78, 5) is 13.6.